The Labute approximate surface area is 184 Å². The molecule has 1 aliphatic heterocycles. The number of carbonyl (C=O) groups is 2. The number of carbonyl (C=O) groups excluding carboxylic acids is 2. The molecule has 6 rings (SSSR count). The summed E-state index contributed by atoms with van der Waals surface area (Å²) < 4.78 is 5.53. The molecule has 5 saturated carbocycles. The SMILES string of the molecule is C[C@H]1C2C[C@@H](C#N)N(C(=O)[C@@H](NC(=O)OC(C)(C)C)C34CC5CC(CC(O)(C5)C3)C4)C21. The maximum absolute atomic E-state index is 14.0. The van der Waals surface area contributed by atoms with Gasteiger partial charge in [0.05, 0.1) is 11.7 Å². The van der Waals surface area contributed by atoms with E-state index in [2.05, 4.69) is 18.3 Å². The van der Waals surface area contributed by atoms with Gasteiger partial charge in [-0.05, 0) is 89.4 Å². The summed E-state index contributed by atoms with van der Waals surface area (Å²) in [5.41, 5.74) is -1.88. The number of nitrogens with one attached hydrogen (secondary N) is 1. The van der Waals surface area contributed by atoms with E-state index in [1.54, 1.807) is 25.7 Å². The van der Waals surface area contributed by atoms with E-state index in [0.29, 0.717) is 30.1 Å². The second-order valence-corrected chi connectivity index (χ2v) is 12.3. The molecular formula is C24H35N3O4. The van der Waals surface area contributed by atoms with Gasteiger partial charge in [-0.2, -0.15) is 5.26 Å². The van der Waals surface area contributed by atoms with Gasteiger partial charge in [0, 0.05) is 11.5 Å². The summed E-state index contributed by atoms with van der Waals surface area (Å²) in [5, 5.41) is 23.9. The third-order valence-electron chi connectivity index (χ3n) is 8.66. The Morgan fingerprint density at radius 3 is 2.39 bits per heavy atom. The lowest BCUT2D eigenvalue weighted by molar-refractivity contribution is -0.180. The van der Waals surface area contributed by atoms with Gasteiger partial charge in [-0.15, -0.1) is 0 Å². The van der Waals surface area contributed by atoms with Gasteiger partial charge in [0.25, 0.3) is 0 Å². The summed E-state index contributed by atoms with van der Waals surface area (Å²) >= 11 is 0. The molecule has 7 nitrogen and oxygen atoms in total. The third-order valence-corrected chi connectivity index (χ3v) is 8.66. The molecule has 0 radical (unpaired) electrons. The van der Waals surface area contributed by atoms with E-state index in [1.165, 1.54) is 0 Å². The maximum atomic E-state index is 14.0. The first kappa shape index (κ1) is 21.1. The van der Waals surface area contributed by atoms with Crippen molar-refractivity contribution in [1.82, 2.24) is 10.2 Å². The van der Waals surface area contributed by atoms with Gasteiger partial charge in [0.1, 0.15) is 17.7 Å². The fourth-order valence-corrected chi connectivity index (χ4v) is 8.00. The van der Waals surface area contributed by atoms with Crippen LogP contribution in [0.1, 0.15) is 72.6 Å². The molecule has 0 aromatic rings. The molecule has 170 valence electrons. The highest BCUT2D eigenvalue weighted by Crippen LogP contribution is 2.63. The van der Waals surface area contributed by atoms with Gasteiger partial charge in [0.2, 0.25) is 5.91 Å². The van der Waals surface area contributed by atoms with Crippen molar-refractivity contribution >= 4 is 12.0 Å². The summed E-state index contributed by atoms with van der Waals surface area (Å²) in [6.07, 6.45) is 5.03. The minimum Gasteiger partial charge on any atom is -0.444 e. The summed E-state index contributed by atoms with van der Waals surface area (Å²) in [7, 11) is 0. The number of amides is 2. The smallest absolute Gasteiger partial charge is 0.408 e. The van der Waals surface area contributed by atoms with Crippen molar-refractivity contribution in [2.45, 2.75) is 102 Å². The summed E-state index contributed by atoms with van der Waals surface area (Å²) in [5.74, 6) is 1.41. The molecule has 2 N–H and O–H groups in total. The maximum Gasteiger partial charge on any atom is 0.408 e. The van der Waals surface area contributed by atoms with Crippen LogP contribution in [-0.2, 0) is 9.53 Å². The number of alkyl carbamates (subject to hydrolysis) is 1. The highest BCUT2D eigenvalue weighted by molar-refractivity contribution is 5.88. The lowest BCUT2D eigenvalue weighted by Gasteiger charge is -2.62. The van der Waals surface area contributed by atoms with Crippen molar-refractivity contribution in [3.05, 3.63) is 0 Å². The minimum atomic E-state index is -0.762. The topological polar surface area (TPSA) is 103 Å². The Kier molecular flexibility index (Phi) is 4.48. The zero-order valence-electron chi connectivity index (χ0n) is 19.1. The number of likely N-dealkylation sites (tertiary alicyclic amines) is 1. The molecule has 2 amide bonds. The molecule has 5 aliphatic carbocycles. The quantitative estimate of drug-likeness (QED) is 0.718. The fourth-order valence-electron chi connectivity index (χ4n) is 8.00. The lowest BCUT2D eigenvalue weighted by Crippen LogP contribution is -2.66. The van der Waals surface area contributed by atoms with Crippen LogP contribution < -0.4 is 5.32 Å². The monoisotopic (exact) mass is 429 g/mol. The van der Waals surface area contributed by atoms with E-state index in [-0.39, 0.29) is 11.9 Å². The average molecular weight is 430 g/mol. The Balaban J connectivity index is 1.48. The first-order valence-corrected chi connectivity index (χ1v) is 11.9. The van der Waals surface area contributed by atoms with Crippen LogP contribution in [0.2, 0.25) is 0 Å². The van der Waals surface area contributed by atoms with Crippen molar-refractivity contribution in [3.8, 4) is 6.07 Å². The highest BCUT2D eigenvalue weighted by atomic mass is 16.6. The van der Waals surface area contributed by atoms with Crippen LogP contribution in [0.5, 0.6) is 0 Å². The van der Waals surface area contributed by atoms with Crippen LogP contribution >= 0.6 is 0 Å². The van der Waals surface area contributed by atoms with Crippen molar-refractivity contribution in [2.24, 2.45) is 29.1 Å². The van der Waals surface area contributed by atoms with E-state index in [4.69, 9.17) is 4.74 Å². The first-order valence-electron chi connectivity index (χ1n) is 11.9. The van der Waals surface area contributed by atoms with Crippen LogP contribution in [0.3, 0.4) is 0 Å². The number of fused-ring (bicyclic) bond motifs is 1. The van der Waals surface area contributed by atoms with Crippen LogP contribution in [0.15, 0.2) is 0 Å². The largest absolute Gasteiger partial charge is 0.444 e. The van der Waals surface area contributed by atoms with Crippen LogP contribution in [-0.4, -0.2) is 51.3 Å². The standard InChI is InChI=1S/C24H35N3O4/c1-13-17-6-16(11-25)27(18(13)17)20(28)19(26-21(29)31-22(2,3)4)23-7-14-5-15(8-23)10-24(30,9-14)12-23/h13-19,30H,5-10,12H2,1-4H3,(H,26,29)/t13-,14?,15?,16-,17?,18?,19+,23?,24?/m0/s1. The third kappa shape index (κ3) is 3.42. The van der Waals surface area contributed by atoms with Gasteiger partial charge in [0.15, 0.2) is 0 Å². The van der Waals surface area contributed by atoms with E-state index < -0.39 is 34.8 Å². The Morgan fingerprint density at radius 2 is 1.84 bits per heavy atom. The van der Waals surface area contributed by atoms with Crippen LogP contribution in [0.4, 0.5) is 4.79 Å². The number of hydrogen-bond donors (Lipinski definition) is 2. The molecular weight excluding hydrogens is 394 g/mol. The van der Waals surface area contributed by atoms with E-state index >= 15 is 0 Å². The van der Waals surface area contributed by atoms with Crippen molar-refractivity contribution in [1.29, 1.82) is 5.26 Å². The molecule has 7 heteroatoms. The molecule has 0 aromatic carbocycles. The minimum absolute atomic E-state index is 0.0945. The number of hydrogen-bond acceptors (Lipinski definition) is 5. The Bertz CT molecular complexity index is 829. The molecule has 31 heavy (non-hydrogen) atoms. The molecule has 4 unspecified atom stereocenters. The van der Waals surface area contributed by atoms with Gasteiger partial charge in [-0.25, -0.2) is 4.79 Å². The van der Waals surface area contributed by atoms with Crippen molar-refractivity contribution in [2.75, 3.05) is 0 Å². The predicted molar refractivity (Wildman–Crippen MR) is 113 cm³/mol. The summed E-state index contributed by atoms with van der Waals surface area (Å²) in [6, 6.07) is 1.22. The Morgan fingerprint density at radius 1 is 1.19 bits per heavy atom. The van der Waals surface area contributed by atoms with Crippen molar-refractivity contribution < 1.29 is 19.4 Å². The van der Waals surface area contributed by atoms with Gasteiger partial charge in [-0.3, -0.25) is 4.79 Å². The first-order chi connectivity index (χ1) is 14.4. The average Bonchev–Trinajstić information content (AvgIpc) is 3.07. The van der Waals surface area contributed by atoms with E-state index in [9.17, 15) is 20.0 Å². The number of ether oxygens (including phenoxy) is 1. The molecule has 7 atom stereocenters. The number of piperidine rings is 1. The normalized spacial score (nSPS) is 45.6. The van der Waals surface area contributed by atoms with E-state index in [1.807, 2.05) is 0 Å². The lowest BCUT2D eigenvalue weighted by atomic mass is 9.46. The van der Waals surface area contributed by atoms with E-state index in [0.717, 1.165) is 38.5 Å². The highest BCUT2D eigenvalue weighted by Gasteiger charge is 2.65. The number of aliphatic hydroxyl groups is 1. The zero-order chi connectivity index (χ0) is 22.3. The number of nitrogens with zero attached hydrogens (tertiary/aromatic N) is 2. The second-order valence-electron chi connectivity index (χ2n) is 12.3. The zero-order valence-corrected chi connectivity index (χ0v) is 19.1. The molecule has 6 aliphatic rings. The second kappa shape index (κ2) is 6.60. The van der Waals surface area contributed by atoms with Gasteiger partial charge >= 0.3 is 6.09 Å². The molecule has 0 spiro atoms. The van der Waals surface area contributed by atoms with Crippen LogP contribution in [0.25, 0.3) is 0 Å². The van der Waals surface area contributed by atoms with Crippen LogP contribution in [0, 0.1) is 40.4 Å². The molecule has 4 bridgehead atoms. The summed E-state index contributed by atoms with van der Waals surface area (Å²) in [6.45, 7) is 7.55. The molecule has 0 aromatic heterocycles. The van der Waals surface area contributed by atoms with Crippen molar-refractivity contribution in [3.63, 3.8) is 0 Å². The Hall–Kier alpha value is -1.81. The fraction of sp³-hybridized carbons (Fsp3) is 0.875. The van der Waals surface area contributed by atoms with Gasteiger partial charge in [-0.1, -0.05) is 6.92 Å². The number of nitriles is 1. The predicted octanol–water partition coefficient (Wildman–Crippen LogP) is 2.97. The van der Waals surface area contributed by atoms with Gasteiger partial charge < -0.3 is 20.1 Å². The molecule has 1 heterocycles. The summed E-state index contributed by atoms with van der Waals surface area (Å²) in [4.78, 5) is 28.6. The number of rotatable bonds is 3. The molecule has 1 saturated heterocycles. The molecule has 6 fully saturated rings.